The zero-order chi connectivity index (χ0) is 21.4. The van der Waals surface area contributed by atoms with Crippen LogP contribution in [0.5, 0.6) is 0 Å². The molecule has 6 heteroatoms. The van der Waals surface area contributed by atoms with Gasteiger partial charge in [-0.3, -0.25) is 9.59 Å². The zero-order valence-electron chi connectivity index (χ0n) is 17.1. The number of aryl methyl sites for hydroxylation is 2. The summed E-state index contributed by atoms with van der Waals surface area (Å²) in [7, 11) is 0. The van der Waals surface area contributed by atoms with Gasteiger partial charge in [0.05, 0.1) is 0 Å². The molecule has 0 aromatic heterocycles. The van der Waals surface area contributed by atoms with Crippen molar-refractivity contribution in [3.8, 4) is 0 Å². The fourth-order valence-electron chi connectivity index (χ4n) is 2.99. The van der Waals surface area contributed by atoms with E-state index in [0.717, 1.165) is 11.1 Å². The Morgan fingerprint density at radius 2 is 1.34 bits per heavy atom. The highest BCUT2D eigenvalue weighted by molar-refractivity contribution is 5.77. The average Bonchev–Trinajstić information content (AvgIpc) is 2.68. The number of carbonyl (C=O) groups is 2. The number of hydrogen-bond donors (Lipinski definition) is 2. The Labute approximate surface area is 170 Å². The molecule has 0 heterocycles. The second-order valence-electron chi connectivity index (χ2n) is 7.57. The number of hydrogen-bond acceptors (Lipinski definition) is 2. The van der Waals surface area contributed by atoms with Crippen molar-refractivity contribution in [2.24, 2.45) is 5.92 Å². The molecule has 0 bridgehead atoms. The Balaban J connectivity index is 1.66. The highest BCUT2D eigenvalue weighted by Crippen LogP contribution is 2.13. The van der Waals surface area contributed by atoms with Crippen molar-refractivity contribution in [2.45, 2.75) is 53.1 Å². The summed E-state index contributed by atoms with van der Waals surface area (Å²) in [4.78, 5) is 24.1. The van der Waals surface area contributed by atoms with E-state index in [1.165, 1.54) is 12.1 Å². The van der Waals surface area contributed by atoms with Crippen LogP contribution in [0.4, 0.5) is 8.78 Å². The first-order valence-corrected chi connectivity index (χ1v) is 9.78. The summed E-state index contributed by atoms with van der Waals surface area (Å²) >= 11 is 0. The van der Waals surface area contributed by atoms with E-state index in [0.29, 0.717) is 43.5 Å². The summed E-state index contributed by atoms with van der Waals surface area (Å²) < 4.78 is 26.5. The summed E-state index contributed by atoms with van der Waals surface area (Å²) in [5, 5.41) is 5.65. The number of carbonyl (C=O) groups excluding carboxylic acids is 2. The van der Waals surface area contributed by atoms with E-state index >= 15 is 0 Å². The molecule has 1 unspecified atom stereocenters. The zero-order valence-corrected chi connectivity index (χ0v) is 17.1. The molecule has 2 aromatic rings. The maximum atomic E-state index is 13.3. The van der Waals surface area contributed by atoms with Crippen LogP contribution in [-0.2, 0) is 22.7 Å². The van der Waals surface area contributed by atoms with Crippen LogP contribution in [0.3, 0.4) is 0 Å². The number of amides is 2. The minimum Gasteiger partial charge on any atom is -0.352 e. The molecule has 2 rings (SSSR count). The van der Waals surface area contributed by atoms with Crippen molar-refractivity contribution in [1.29, 1.82) is 0 Å². The maximum absolute atomic E-state index is 13.3. The van der Waals surface area contributed by atoms with Gasteiger partial charge in [0.25, 0.3) is 0 Å². The Hall–Kier alpha value is -2.76. The van der Waals surface area contributed by atoms with E-state index in [1.807, 2.05) is 6.92 Å². The van der Waals surface area contributed by atoms with Crippen molar-refractivity contribution in [1.82, 2.24) is 10.6 Å². The lowest BCUT2D eigenvalue weighted by atomic mass is 10.0. The first-order valence-electron chi connectivity index (χ1n) is 9.78. The molecule has 0 aliphatic rings. The van der Waals surface area contributed by atoms with E-state index in [2.05, 4.69) is 10.6 Å². The van der Waals surface area contributed by atoms with Gasteiger partial charge >= 0.3 is 0 Å². The molecular formula is C23H28F2N2O2. The molecular weight excluding hydrogens is 374 g/mol. The van der Waals surface area contributed by atoms with Crippen LogP contribution < -0.4 is 10.6 Å². The van der Waals surface area contributed by atoms with Gasteiger partial charge in [-0.05, 0) is 60.6 Å². The topological polar surface area (TPSA) is 58.2 Å². The average molecular weight is 402 g/mol. The van der Waals surface area contributed by atoms with Crippen molar-refractivity contribution in [3.63, 3.8) is 0 Å². The van der Waals surface area contributed by atoms with Crippen LogP contribution in [0.25, 0.3) is 0 Å². The van der Waals surface area contributed by atoms with Crippen molar-refractivity contribution in [3.05, 3.63) is 70.3 Å². The fraction of sp³-hybridized carbons (Fsp3) is 0.391. The maximum Gasteiger partial charge on any atom is 0.220 e. The van der Waals surface area contributed by atoms with Gasteiger partial charge in [0.2, 0.25) is 11.8 Å². The molecule has 29 heavy (non-hydrogen) atoms. The molecule has 2 amide bonds. The van der Waals surface area contributed by atoms with Crippen LogP contribution in [0.1, 0.15) is 48.4 Å². The van der Waals surface area contributed by atoms with E-state index in [1.54, 1.807) is 38.1 Å². The Bertz CT molecular complexity index is 868. The van der Waals surface area contributed by atoms with Crippen LogP contribution >= 0.6 is 0 Å². The second kappa shape index (κ2) is 10.7. The molecule has 0 radical (unpaired) electrons. The first kappa shape index (κ1) is 22.5. The smallest absolute Gasteiger partial charge is 0.220 e. The van der Waals surface area contributed by atoms with Crippen LogP contribution in [-0.4, -0.2) is 11.8 Å². The largest absolute Gasteiger partial charge is 0.352 e. The standard InChI is InChI=1S/C23H28F2N2O2/c1-15(10-23(29)27-14-19-6-8-21(25)17(3)12-19)4-9-22(28)26-13-18-5-7-20(24)16(2)11-18/h5-8,11-12,15H,4,9-10,13-14H2,1-3H3,(H,26,28)(H,27,29). The van der Waals surface area contributed by atoms with E-state index in [9.17, 15) is 18.4 Å². The van der Waals surface area contributed by atoms with E-state index in [-0.39, 0.29) is 29.4 Å². The molecule has 1 atom stereocenters. The third-order valence-corrected chi connectivity index (χ3v) is 4.82. The lowest BCUT2D eigenvalue weighted by Gasteiger charge is -2.12. The number of rotatable bonds is 9. The summed E-state index contributed by atoms with van der Waals surface area (Å²) in [6, 6.07) is 9.52. The lowest BCUT2D eigenvalue weighted by molar-refractivity contribution is -0.124. The summed E-state index contributed by atoms with van der Waals surface area (Å²) in [5.41, 5.74) is 2.79. The van der Waals surface area contributed by atoms with Crippen LogP contribution in [0, 0.1) is 31.4 Å². The third-order valence-electron chi connectivity index (χ3n) is 4.82. The normalized spacial score (nSPS) is 11.8. The first-order chi connectivity index (χ1) is 13.7. The monoisotopic (exact) mass is 402 g/mol. The van der Waals surface area contributed by atoms with Gasteiger partial charge in [-0.1, -0.05) is 31.2 Å². The molecule has 2 N–H and O–H groups in total. The van der Waals surface area contributed by atoms with E-state index < -0.39 is 0 Å². The Kier molecular flexibility index (Phi) is 8.31. The van der Waals surface area contributed by atoms with Gasteiger partial charge in [0.15, 0.2) is 0 Å². The van der Waals surface area contributed by atoms with Crippen molar-refractivity contribution >= 4 is 11.8 Å². The van der Waals surface area contributed by atoms with Gasteiger partial charge in [-0.25, -0.2) is 8.78 Å². The number of nitrogens with one attached hydrogen (secondary N) is 2. The predicted octanol–water partition coefficient (Wildman–Crippen LogP) is 4.32. The van der Waals surface area contributed by atoms with Crippen molar-refractivity contribution < 1.29 is 18.4 Å². The summed E-state index contributed by atoms with van der Waals surface area (Å²) in [6.07, 6.45) is 1.24. The minimum atomic E-state index is -0.262. The molecule has 0 saturated carbocycles. The molecule has 0 aliphatic carbocycles. The molecule has 2 aromatic carbocycles. The van der Waals surface area contributed by atoms with Gasteiger partial charge in [-0.15, -0.1) is 0 Å². The summed E-state index contributed by atoms with van der Waals surface area (Å²) in [5.74, 6) is -0.658. The predicted molar refractivity (Wildman–Crippen MR) is 109 cm³/mol. The molecule has 0 fully saturated rings. The van der Waals surface area contributed by atoms with Crippen LogP contribution in [0.2, 0.25) is 0 Å². The van der Waals surface area contributed by atoms with Gasteiger partial charge in [-0.2, -0.15) is 0 Å². The van der Waals surface area contributed by atoms with Crippen LogP contribution in [0.15, 0.2) is 36.4 Å². The van der Waals surface area contributed by atoms with Gasteiger partial charge < -0.3 is 10.6 Å². The van der Waals surface area contributed by atoms with E-state index in [4.69, 9.17) is 0 Å². The quantitative estimate of drug-likeness (QED) is 0.656. The fourth-order valence-corrected chi connectivity index (χ4v) is 2.99. The minimum absolute atomic E-state index is 0.0590. The number of benzene rings is 2. The highest BCUT2D eigenvalue weighted by atomic mass is 19.1. The molecule has 0 saturated heterocycles. The Morgan fingerprint density at radius 1 is 0.862 bits per heavy atom. The molecule has 0 spiro atoms. The van der Waals surface area contributed by atoms with Gasteiger partial charge in [0.1, 0.15) is 11.6 Å². The molecule has 156 valence electrons. The third kappa shape index (κ3) is 7.64. The molecule has 0 aliphatic heterocycles. The highest BCUT2D eigenvalue weighted by Gasteiger charge is 2.12. The summed E-state index contributed by atoms with van der Waals surface area (Å²) in [6.45, 7) is 6.00. The SMILES string of the molecule is Cc1cc(CNC(=O)CCC(C)CC(=O)NCc2ccc(F)c(C)c2)ccc1F. The lowest BCUT2D eigenvalue weighted by Crippen LogP contribution is -2.26. The number of halogens is 2. The van der Waals surface area contributed by atoms with Crippen molar-refractivity contribution in [2.75, 3.05) is 0 Å². The van der Waals surface area contributed by atoms with Gasteiger partial charge in [0, 0.05) is 25.9 Å². The second-order valence-corrected chi connectivity index (χ2v) is 7.57. The molecule has 4 nitrogen and oxygen atoms in total. The Morgan fingerprint density at radius 3 is 1.83 bits per heavy atom.